The maximum atomic E-state index is 15.2. The Bertz CT molecular complexity index is 1320. The lowest BCUT2D eigenvalue weighted by molar-refractivity contribution is -0.162. The van der Waals surface area contributed by atoms with Crippen molar-refractivity contribution in [3.05, 3.63) is 77.3 Å². The summed E-state index contributed by atoms with van der Waals surface area (Å²) < 4.78 is 65.0. The lowest BCUT2D eigenvalue weighted by Crippen LogP contribution is -2.33. The molecule has 3 rings (SSSR count). The lowest BCUT2D eigenvalue weighted by Gasteiger charge is -2.23. The van der Waals surface area contributed by atoms with E-state index < -0.39 is 39.1 Å². The van der Waals surface area contributed by atoms with E-state index in [4.69, 9.17) is 21.1 Å². The quantitative estimate of drug-likeness (QED) is 0.292. The zero-order chi connectivity index (χ0) is 25.3. The minimum absolute atomic E-state index is 0.0203. The molecule has 0 aliphatic carbocycles. The SMILES string of the molecule is C[C@H](Oc1ccc(Cl)cc1-c1ccc(S(=O)(=O)c2ccc(F)cc2)cc1F)C(=O)OC(C)(C)C. The molecule has 180 valence electrons. The van der Waals surface area contributed by atoms with Crippen LogP contribution in [0, 0.1) is 11.6 Å². The number of hydrogen-bond acceptors (Lipinski definition) is 5. The fraction of sp³-hybridized carbons (Fsp3) is 0.240. The number of sulfone groups is 1. The van der Waals surface area contributed by atoms with Crippen molar-refractivity contribution < 1.29 is 31.5 Å². The van der Waals surface area contributed by atoms with Crippen molar-refractivity contribution in [2.75, 3.05) is 0 Å². The van der Waals surface area contributed by atoms with Crippen molar-refractivity contribution in [3.8, 4) is 16.9 Å². The number of halogens is 3. The fourth-order valence-electron chi connectivity index (χ4n) is 3.07. The van der Waals surface area contributed by atoms with Gasteiger partial charge in [-0.3, -0.25) is 0 Å². The van der Waals surface area contributed by atoms with Gasteiger partial charge in [0.1, 0.15) is 23.0 Å². The average molecular weight is 509 g/mol. The molecule has 0 saturated heterocycles. The summed E-state index contributed by atoms with van der Waals surface area (Å²) in [7, 11) is -4.07. The van der Waals surface area contributed by atoms with E-state index >= 15 is 4.39 Å². The van der Waals surface area contributed by atoms with Crippen LogP contribution in [-0.2, 0) is 19.4 Å². The summed E-state index contributed by atoms with van der Waals surface area (Å²) in [5, 5.41) is 0.287. The standard InChI is InChI=1S/C25H23ClF2O5S/c1-15(24(29)33-25(2,3)4)32-23-12-5-16(26)13-21(23)20-11-10-19(14-22(20)28)34(30,31)18-8-6-17(27)7-9-18/h5-15H,1-4H3/t15-/m0/s1. The molecule has 3 aromatic carbocycles. The van der Waals surface area contributed by atoms with Crippen LogP contribution in [0.15, 0.2) is 70.5 Å². The van der Waals surface area contributed by atoms with E-state index in [1.54, 1.807) is 20.8 Å². The van der Waals surface area contributed by atoms with Gasteiger partial charge in [-0.05, 0) is 88.4 Å². The van der Waals surface area contributed by atoms with Gasteiger partial charge < -0.3 is 9.47 Å². The molecule has 0 spiro atoms. The maximum Gasteiger partial charge on any atom is 0.347 e. The molecule has 0 bridgehead atoms. The Kier molecular flexibility index (Phi) is 7.33. The van der Waals surface area contributed by atoms with Crippen LogP contribution < -0.4 is 4.74 Å². The Morgan fingerprint density at radius 3 is 2.12 bits per heavy atom. The first-order valence-corrected chi connectivity index (χ1v) is 12.1. The van der Waals surface area contributed by atoms with E-state index in [1.807, 2.05) is 0 Å². The summed E-state index contributed by atoms with van der Waals surface area (Å²) in [6.45, 7) is 6.67. The number of esters is 1. The van der Waals surface area contributed by atoms with Crippen molar-refractivity contribution in [2.24, 2.45) is 0 Å². The highest BCUT2D eigenvalue weighted by atomic mass is 35.5. The fourth-order valence-corrected chi connectivity index (χ4v) is 4.51. The summed E-state index contributed by atoms with van der Waals surface area (Å²) >= 11 is 6.11. The number of carbonyl (C=O) groups excluding carboxylic acids is 1. The Balaban J connectivity index is 1.97. The normalized spacial score (nSPS) is 12.8. The number of rotatable bonds is 6. The van der Waals surface area contributed by atoms with E-state index in [2.05, 4.69) is 0 Å². The van der Waals surface area contributed by atoms with Crippen molar-refractivity contribution >= 4 is 27.4 Å². The van der Waals surface area contributed by atoms with Crippen LogP contribution in [0.2, 0.25) is 5.02 Å². The molecule has 0 unspecified atom stereocenters. The van der Waals surface area contributed by atoms with Gasteiger partial charge in [-0.2, -0.15) is 0 Å². The molecule has 0 saturated carbocycles. The Morgan fingerprint density at radius 1 is 0.912 bits per heavy atom. The molecule has 0 radical (unpaired) electrons. The third-order valence-electron chi connectivity index (χ3n) is 4.65. The van der Waals surface area contributed by atoms with E-state index in [1.165, 1.54) is 37.3 Å². The zero-order valence-corrected chi connectivity index (χ0v) is 20.5. The Labute approximate surface area is 202 Å². The van der Waals surface area contributed by atoms with Gasteiger partial charge in [0.25, 0.3) is 0 Å². The summed E-state index contributed by atoms with van der Waals surface area (Å²) in [6, 6.07) is 12.1. The van der Waals surface area contributed by atoms with Crippen LogP contribution >= 0.6 is 11.6 Å². The van der Waals surface area contributed by atoms with Gasteiger partial charge >= 0.3 is 5.97 Å². The molecule has 9 heteroatoms. The first kappa shape index (κ1) is 25.6. The second-order valence-electron chi connectivity index (χ2n) is 8.53. The number of hydrogen-bond donors (Lipinski definition) is 0. The van der Waals surface area contributed by atoms with Crippen molar-refractivity contribution in [3.63, 3.8) is 0 Å². The van der Waals surface area contributed by atoms with Gasteiger partial charge in [0.2, 0.25) is 9.84 Å². The second kappa shape index (κ2) is 9.72. The summed E-state index contributed by atoms with van der Waals surface area (Å²) in [4.78, 5) is 11.9. The Hall–Kier alpha value is -2.97. The monoisotopic (exact) mass is 508 g/mol. The topological polar surface area (TPSA) is 69.7 Å². The van der Waals surface area contributed by atoms with E-state index in [0.717, 1.165) is 30.3 Å². The molecule has 0 heterocycles. The minimum atomic E-state index is -4.07. The third-order valence-corrected chi connectivity index (χ3v) is 6.65. The van der Waals surface area contributed by atoms with Crippen molar-refractivity contribution in [1.29, 1.82) is 0 Å². The van der Waals surface area contributed by atoms with Crippen LogP contribution in [0.4, 0.5) is 8.78 Å². The predicted molar refractivity (Wildman–Crippen MR) is 125 cm³/mol. The molecule has 0 aliphatic rings. The Morgan fingerprint density at radius 2 is 1.53 bits per heavy atom. The summed E-state index contributed by atoms with van der Waals surface area (Å²) in [6.07, 6.45) is -1.000. The molecule has 0 N–H and O–H groups in total. The van der Waals surface area contributed by atoms with Gasteiger partial charge in [0, 0.05) is 16.1 Å². The van der Waals surface area contributed by atoms with E-state index in [9.17, 15) is 17.6 Å². The number of benzene rings is 3. The van der Waals surface area contributed by atoms with Crippen LogP contribution in [0.3, 0.4) is 0 Å². The van der Waals surface area contributed by atoms with Gasteiger partial charge in [-0.15, -0.1) is 0 Å². The van der Waals surface area contributed by atoms with Gasteiger partial charge in [0.05, 0.1) is 9.79 Å². The summed E-state index contributed by atoms with van der Waals surface area (Å²) in [5.74, 6) is -1.87. The highest BCUT2D eigenvalue weighted by Gasteiger charge is 2.25. The molecule has 0 amide bonds. The van der Waals surface area contributed by atoms with E-state index in [-0.39, 0.29) is 31.7 Å². The van der Waals surface area contributed by atoms with Gasteiger partial charge in [0.15, 0.2) is 6.10 Å². The van der Waals surface area contributed by atoms with Crippen molar-refractivity contribution in [1.82, 2.24) is 0 Å². The number of ether oxygens (including phenoxy) is 2. The van der Waals surface area contributed by atoms with Crippen LogP contribution in [0.25, 0.3) is 11.1 Å². The number of carbonyl (C=O) groups is 1. The lowest BCUT2D eigenvalue weighted by atomic mass is 10.0. The average Bonchev–Trinajstić information content (AvgIpc) is 2.74. The zero-order valence-electron chi connectivity index (χ0n) is 18.9. The molecule has 34 heavy (non-hydrogen) atoms. The highest BCUT2D eigenvalue weighted by Crippen LogP contribution is 2.36. The smallest absolute Gasteiger partial charge is 0.347 e. The van der Waals surface area contributed by atoms with Gasteiger partial charge in [-0.25, -0.2) is 22.0 Å². The molecule has 5 nitrogen and oxygen atoms in total. The van der Waals surface area contributed by atoms with Crippen molar-refractivity contribution in [2.45, 2.75) is 49.2 Å². The first-order chi connectivity index (χ1) is 15.8. The third kappa shape index (κ3) is 5.93. The molecule has 3 aromatic rings. The highest BCUT2D eigenvalue weighted by molar-refractivity contribution is 7.91. The molecule has 0 aliphatic heterocycles. The predicted octanol–water partition coefficient (Wildman–Crippen LogP) is 6.23. The molecule has 0 fully saturated rings. The summed E-state index contributed by atoms with van der Waals surface area (Å²) in [5.41, 5.74) is -0.465. The molecule has 0 aromatic heterocycles. The molecular weight excluding hydrogens is 486 g/mol. The van der Waals surface area contributed by atoms with E-state index in [0.29, 0.717) is 0 Å². The largest absolute Gasteiger partial charge is 0.478 e. The molecule has 1 atom stereocenters. The minimum Gasteiger partial charge on any atom is -0.478 e. The first-order valence-electron chi connectivity index (χ1n) is 10.3. The maximum absolute atomic E-state index is 15.2. The molecular formula is C25H23ClF2O5S. The second-order valence-corrected chi connectivity index (χ2v) is 10.9. The van der Waals surface area contributed by atoms with Crippen LogP contribution in [-0.4, -0.2) is 26.1 Å². The van der Waals surface area contributed by atoms with Crippen LogP contribution in [0.1, 0.15) is 27.7 Å². The van der Waals surface area contributed by atoms with Gasteiger partial charge in [-0.1, -0.05) is 11.6 Å². The van der Waals surface area contributed by atoms with Crippen LogP contribution in [0.5, 0.6) is 5.75 Å².